The lowest BCUT2D eigenvalue weighted by molar-refractivity contribution is 0.886. The fraction of sp³-hybridized carbons (Fsp3) is 1.00. The first kappa shape index (κ1) is 24.1. The molecule has 0 aliphatic heterocycles. The second-order valence-corrected chi connectivity index (χ2v) is 3.90. The van der Waals surface area contributed by atoms with Crippen LogP contribution in [0.5, 0.6) is 0 Å². The molecule has 0 aliphatic carbocycles. The standard InChI is InChI=1S/2C4H10.2C2H6S/c2*1-3-4-2;2*1-2-3/h2*3-4H2,1-2H3;2*3H,2H2,1H3. The molecule has 0 aliphatic rings. The maximum absolute atomic E-state index is 3.79. The third-order valence-corrected chi connectivity index (χ3v) is 1.000. The summed E-state index contributed by atoms with van der Waals surface area (Å²) >= 11 is 7.58. The van der Waals surface area contributed by atoms with Gasteiger partial charge in [-0.05, 0) is 11.5 Å². The molecule has 0 heterocycles. The molecule has 2 heteroatoms. The molecular weight excluding hydrogens is 208 g/mol. The van der Waals surface area contributed by atoms with E-state index >= 15 is 0 Å². The van der Waals surface area contributed by atoms with E-state index in [-0.39, 0.29) is 0 Å². The van der Waals surface area contributed by atoms with E-state index in [4.69, 9.17) is 0 Å². The maximum atomic E-state index is 3.79. The molecule has 0 bridgehead atoms. The van der Waals surface area contributed by atoms with Crippen molar-refractivity contribution in [2.45, 2.75) is 67.2 Å². The predicted molar refractivity (Wildman–Crippen MR) is 80.2 cm³/mol. The summed E-state index contributed by atoms with van der Waals surface area (Å²) in [7, 11) is 0. The number of hydrogen-bond acceptors (Lipinski definition) is 2. The Bertz CT molecular complexity index is 29.3. The van der Waals surface area contributed by atoms with Gasteiger partial charge in [-0.3, -0.25) is 0 Å². The first-order valence-corrected chi connectivity index (χ1v) is 7.14. The van der Waals surface area contributed by atoms with E-state index in [9.17, 15) is 0 Å². The van der Waals surface area contributed by atoms with E-state index in [0.29, 0.717) is 0 Å². The van der Waals surface area contributed by atoms with Gasteiger partial charge in [0, 0.05) is 0 Å². The van der Waals surface area contributed by atoms with Crippen LogP contribution in [0.15, 0.2) is 0 Å². The van der Waals surface area contributed by atoms with Crippen molar-refractivity contribution in [3.8, 4) is 0 Å². The van der Waals surface area contributed by atoms with Gasteiger partial charge in [-0.1, -0.05) is 67.2 Å². The molecule has 0 N–H and O–H groups in total. The summed E-state index contributed by atoms with van der Waals surface area (Å²) in [5, 5.41) is 0. The average molecular weight is 241 g/mol. The summed E-state index contributed by atoms with van der Waals surface area (Å²) in [6, 6.07) is 0. The molecule has 0 aromatic carbocycles. The molecule has 0 atom stereocenters. The van der Waals surface area contributed by atoms with E-state index in [2.05, 4.69) is 53.0 Å². The highest BCUT2D eigenvalue weighted by Crippen LogP contribution is 1.77. The highest BCUT2D eigenvalue weighted by atomic mass is 32.1. The third kappa shape index (κ3) is 238. The highest BCUT2D eigenvalue weighted by molar-refractivity contribution is 7.80. The first-order valence-electron chi connectivity index (χ1n) is 5.88. The van der Waals surface area contributed by atoms with Crippen LogP contribution in [0.4, 0.5) is 0 Å². The lowest BCUT2D eigenvalue weighted by Crippen LogP contribution is -1.47. The molecule has 0 fully saturated rings. The van der Waals surface area contributed by atoms with Gasteiger partial charge in [0.05, 0.1) is 0 Å². The van der Waals surface area contributed by atoms with E-state index in [1.165, 1.54) is 25.7 Å². The zero-order valence-corrected chi connectivity index (χ0v) is 12.9. The van der Waals surface area contributed by atoms with E-state index in [0.717, 1.165) is 11.5 Å². The molecule has 0 aromatic rings. The molecule has 0 nitrogen and oxygen atoms in total. The van der Waals surface area contributed by atoms with Crippen LogP contribution in [0.25, 0.3) is 0 Å². The second kappa shape index (κ2) is 49.2. The molecule has 14 heavy (non-hydrogen) atoms. The summed E-state index contributed by atoms with van der Waals surface area (Å²) in [6.07, 6.45) is 5.28. The maximum Gasteiger partial charge on any atom is -0.0126 e. The highest BCUT2D eigenvalue weighted by Gasteiger charge is 1.56. The third-order valence-electron chi connectivity index (χ3n) is 1.000. The molecule has 0 saturated carbocycles. The quantitative estimate of drug-likeness (QED) is 0.586. The Balaban J connectivity index is -0.0000000482. The van der Waals surface area contributed by atoms with Crippen LogP contribution in [0.3, 0.4) is 0 Å². The topological polar surface area (TPSA) is 0 Å². The lowest BCUT2D eigenvalue weighted by atomic mass is 10.4. The minimum Gasteiger partial charge on any atom is -0.180 e. The molecular formula is C12H32S2. The van der Waals surface area contributed by atoms with Crippen molar-refractivity contribution in [2.24, 2.45) is 0 Å². The van der Waals surface area contributed by atoms with Crippen molar-refractivity contribution in [1.29, 1.82) is 0 Å². The van der Waals surface area contributed by atoms with Gasteiger partial charge in [0.1, 0.15) is 0 Å². The van der Waals surface area contributed by atoms with Crippen LogP contribution in [-0.2, 0) is 0 Å². The van der Waals surface area contributed by atoms with Crippen LogP contribution in [0, 0.1) is 0 Å². The van der Waals surface area contributed by atoms with Crippen LogP contribution >= 0.6 is 25.3 Å². The van der Waals surface area contributed by atoms with Crippen LogP contribution < -0.4 is 0 Å². The Morgan fingerprint density at radius 1 is 0.500 bits per heavy atom. The molecule has 0 aromatic heterocycles. The fourth-order valence-electron chi connectivity index (χ4n) is 0. The average Bonchev–Trinajstić information content (AvgIpc) is 2.20. The molecule has 0 saturated heterocycles. The summed E-state index contributed by atoms with van der Waals surface area (Å²) in [6.45, 7) is 12.7. The van der Waals surface area contributed by atoms with Gasteiger partial charge in [0.2, 0.25) is 0 Å². The number of hydrogen-bond donors (Lipinski definition) is 2. The van der Waals surface area contributed by atoms with Crippen molar-refractivity contribution in [3.63, 3.8) is 0 Å². The Labute approximate surface area is 104 Å². The second-order valence-electron chi connectivity index (χ2n) is 2.63. The van der Waals surface area contributed by atoms with Gasteiger partial charge in [0.15, 0.2) is 0 Å². The summed E-state index contributed by atoms with van der Waals surface area (Å²) in [5.74, 6) is 1.89. The van der Waals surface area contributed by atoms with Gasteiger partial charge in [-0.15, -0.1) is 0 Å². The van der Waals surface area contributed by atoms with Gasteiger partial charge in [0.25, 0.3) is 0 Å². The van der Waals surface area contributed by atoms with Gasteiger partial charge < -0.3 is 0 Å². The zero-order chi connectivity index (χ0) is 12.2. The van der Waals surface area contributed by atoms with Crippen LogP contribution in [-0.4, -0.2) is 11.5 Å². The van der Waals surface area contributed by atoms with E-state index in [1.807, 2.05) is 13.8 Å². The van der Waals surface area contributed by atoms with Crippen LogP contribution in [0.2, 0.25) is 0 Å². The number of thiol groups is 2. The minimum absolute atomic E-state index is 0.944. The predicted octanol–water partition coefficient (Wildman–Crippen LogP) is 5.49. The monoisotopic (exact) mass is 240 g/mol. The smallest absolute Gasteiger partial charge is 0.0126 e. The largest absolute Gasteiger partial charge is 0.180 e. The Kier molecular flexibility index (Phi) is 84.7. The van der Waals surface area contributed by atoms with Crippen molar-refractivity contribution < 1.29 is 0 Å². The van der Waals surface area contributed by atoms with Gasteiger partial charge in [-0.25, -0.2) is 0 Å². The molecule has 0 spiro atoms. The number of rotatable bonds is 2. The SMILES string of the molecule is CCCC.CCCC.CCS.CCS. The summed E-state index contributed by atoms with van der Waals surface area (Å²) < 4.78 is 0. The molecule has 0 rings (SSSR count). The first-order chi connectivity index (χ1) is 6.66. The van der Waals surface area contributed by atoms with Crippen molar-refractivity contribution >= 4 is 25.3 Å². The molecule has 0 radical (unpaired) electrons. The van der Waals surface area contributed by atoms with E-state index in [1.54, 1.807) is 0 Å². The van der Waals surface area contributed by atoms with Crippen molar-refractivity contribution in [1.82, 2.24) is 0 Å². The summed E-state index contributed by atoms with van der Waals surface area (Å²) in [5.41, 5.74) is 0. The fourth-order valence-corrected chi connectivity index (χ4v) is 0. The summed E-state index contributed by atoms with van der Waals surface area (Å²) in [4.78, 5) is 0. The van der Waals surface area contributed by atoms with E-state index < -0.39 is 0 Å². The lowest BCUT2D eigenvalue weighted by Gasteiger charge is -1.68. The molecule has 0 amide bonds. The van der Waals surface area contributed by atoms with Gasteiger partial charge >= 0.3 is 0 Å². The normalized spacial score (nSPS) is 6.86. The molecule has 92 valence electrons. The Morgan fingerprint density at radius 2 is 0.571 bits per heavy atom. The zero-order valence-electron chi connectivity index (χ0n) is 11.1. The van der Waals surface area contributed by atoms with Crippen LogP contribution in [0.1, 0.15) is 67.2 Å². The van der Waals surface area contributed by atoms with Crippen molar-refractivity contribution in [3.05, 3.63) is 0 Å². The Morgan fingerprint density at radius 3 is 0.571 bits per heavy atom. The number of unbranched alkanes of at least 4 members (excludes halogenated alkanes) is 2. The van der Waals surface area contributed by atoms with Gasteiger partial charge in [-0.2, -0.15) is 25.3 Å². The Hall–Kier alpha value is 0.700. The minimum atomic E-state index is 0.944. The van der Waals surface area contributed by atoms with Crippen molar-refractivity contribution in [2.75, 3.05) is 11.5 Å². The molecule has 0 unspecified atom stereocenters.